The number of nitrogens with zero attached hydrogens (tertiary/aromatic N) is 1. The maximum Gasteiger partial charge on any atom is 0.274 e. The minimum absolute atomic E-state index is 0.258. The summed E-state index contributed by atoms with van der Waals surface area (Å²) >= 11 is 0. The molecule has 4 heteroatoms. The fourth-order valence-corrected chi connectivity index (χ4v) is 2.37. The normalized spacial score (nSPS) is 11.5. The number of amides is 1. The van der Waals surface area contributed by atoms with Crippen LogP contribution in [0.25, 0.3) is 0 Å². The highest BCUT2D eigenvalue weighted by Gasteiger charge is 2.10. The summed E-state index contributed by atoms with van der Waals surface area (Å²) in [5.74, 6) is 0.332. The van der Waals surface area contributed by atoms with E-state index in [1.54, 1.807) is 13.0 Å². The molecule has 122 valence electrons. The van der Waals surface area contributed by atoms with E-state index in [2.05, 4.69) is 41.7 Å². The number of carbonyl (C=O) groups excluding carboxylic acids is 1. The first-order valence-corrected chi connectivity index (χ1v) is 8.10. The molecule has 0 spiro atoms. The average molecular weight is 312 g/mol. The van der Waals surface area contributed by atoms with Gasteiger partial charge in [0.1, 0.15) is 5.76 Å². The third-order valence-electron chi connectivity index (χ3n) is 3.87. The van der Waals surface area contributed by atoms with Crippen LogP contribution in [-0.4, -0.2) is 11.6 Å². The first-order valence-electron chi connectivity index (χ1n) is 8.10. The number of furan rings is 1. The SMILES string of the molecule is CCCCCc1ccc(C(C)=NNC(=O)c2ccoc2C)cc1. The molecule has 0 fully saturated rings. The van der Waals surface area contributed by atoms with Crippen LogP contribution in [0.2, 0.25) is 0 Å². The van der Waals surface area contributed by atoms with Gasteiger partial charge in [-0.2, -0.15) is 5.10 Å². The van der Waals surface area contributed by atoms with Gasteiger partial charge in [0.25, 0.3) is 5.91 Å². The molecule has 2 rings (SSSR count). The van der Waals surface area contributed by atoms with Gasteiger partial charge in [0.05, 0.1) is 17.5 Å². The first-order chi connectivity index (χ1) is 11.1. The summed E-state index contributed by atoms with van der Waals surface area (Å²) in [4.78, 5) is 12.0. The molecule has 1 aromatic carbocycles. The Labute approximate surface area is 137 Å². The number of aryl methyl sites for hydroxylation is 2. The fourth-order valence-electron chi connectivity index (χ4n) is 2.37. The van der Waals surface area contributed by atoms with Crippen LogP contribution in [0.5, 0.6) is 0 Å². The van der Waals surface area contributed by atoms with E-state index in [0.29, 0.717) is 11.3 Å². The first kappa shape index (κ1) is 17.0. The van der Waals surface area contributed by atoms with Crippen molar-refractivity contribution in [2.75, 3.05) is 0 Å². The summed E-state index contributed by atoms with van der Waals surface area (Å²) in [6, 6.07) is 10.0. The number of hydrogen-bond acceptors (Lipinski definition) is 3. The van der Waals surface area contributed by atoms with Gasteiger partial charge in [0.15, 0.2) is 0 Å². The molecule has 1 N–H and O–H groups in total. The largest absolute Gasteiger partial charge is 0.469 e. The van der Waals surface area contributed by atoms with Crippen LogP contribution in [0, 0.1) is 6.92 Å². The van der Waals surface area contributed by atoms with Crippen LogP contribution >= 0.6 is 0 Å². The molecule has 0 unspecified atom stereocenters. The number of carbonyl (C=O) groups is 1. The van der Waals surface area contributed by atoms with Crippen LogP contribution in [0.4, 0.5) is 0 Å². The molecule has 0 aliphatic carbocycles. The summed E-state index contributed by atoms with van der Waals surface area (Å²) in [6.07, 6.45) is 6.34. The van der Waals surface area contributed by atoms with Crippen molar-refractivity contribution in [1.82, 2.24) is 5.43 Å². The van der Waals surface area contributed by atoms with Gasteiger partial charge in [-0.05, 0) is 43.9 Å². The molecule has 0 radical (unpaired) electrons. The highest BCUT2D eigenvalue weighted by molar-refractivity contribution is 6.01. The number of nitrogens with one attached hydrogen (secondary N) is 1. The lowest BCUT2D eigenvalue weighted by atomic mass is 10.0. The zero-order valence-electron chi connectivity index (χ0n) is 14.1. The Kier molecular flexibility index (Phi) is 6.15. The van der Waals surface area contributed by atoms with E-state index in [1.165, 1.54) is 31.1 Å². The zero-order chi connectivity index (χ0) is 16.7. The third-order valence-corrected chi connectivity index (χ3v) is 3.87. The minimum Gasteiger partial charge on any atom is -0.469 e. The zero-order valence-corrected chi connectivity index (χ0v) is 14.1. The molecular weight excluding hydrogens is 288 g/mol. The Balaban J connectivity index is 1.95. The van der Waals surface area contributed by atoms with Crippen LogP contribution in [0.15, 0.2) is 46.1 Å². The maximum atomic E-state index is 12.0. The van der Waals surface area contributed by atoms with Crippen LogP contribution in [0.1, 0.15) is 60.4 Å². The third kappa shape index (κ3) is 4.81. The summed E-state index contributed by atoms with van der Waals surface area (Å²) < 4.78 is 5.12. The second-order valence-corrected chi connectivity index (χ2v) is 5.68. The van der Waals surface area contributed by atoms with Crippen LogP contribution in [0.3, 0.4) is 0 Å². The number of unbranched alkanes of at least 4 members (excludes halogenated alkanes) is 2. The predicted molar refractivity (Wildman–Crippen MR) is 92.8 cm³/mol. The van der Waals surface area contributed by atoms with Crippen molar-refractivity contribution in [3.63, 3.8) is 0 Å². The van der Waals surface area contributed by atoms with E-state index in [-0.39, 0.29) is 5.91 Å². The molecule has 4 nitrogen and oxygen atoms in total. The molecule has 1 aromatic heterocycles. The van der Waals surface area contributed by atoms with Gasteiger partial charge in [0, 0.05) is 0 Å². The highest BCUT2D eigenvalue weighted by atomic mass is 16.3. The van der Waals surface area contributed by atoms with E-state index in [0.717, 1.165) is 17.7 Å². The van der Waals surface area contributed by atoms with Gasteiger partial charge in [-0.1, -0.05) is 44.0 Å². The minimum atomic E-state index is -0.258. The van der Waals surface area contributed by atoms with Crippen LogP contribution in [-0.2, 0) is 6.42 Å². The van der Waals surface area contributed by atoms with Gasteiger partial charge < -0.3 is 4.42 Å². The van der Waals surface area contributed by atoms with Gasteiger partial charge in [-0.15, -0.1) is 0 Å². The lowest BCUT2D eigenvalue weighted by Crippen LogP contribution is -2.19. The predicted octanol–water partition coefficient (Wildman–Crippen LogP) is 4.47. The molecular formula is C19H24N2O2. The molecule has 0 aliphatic rings. The number of benzene rings is 1. The van der Waals surface area contributed by atoms with E-state index < -0.39 is 0 Å². The number of hydrogen-bond donors (Lipinski definition) is 1. The molecule has 0 atom stereocenters. The lowest BCUT2D eigenvalue weighted by molar-refractivity contribution is 0.0953. The summed E-state index contributed by atoms with van der Waals surface area (Å²) in [6.45, 7) is 5.85. The molecule has 0 bridgehead atoms. The standard InChI is InChI=1S/C19H24N2O2/c1-4-5-6-7-16-8-10-17(11-9-16)14(2)20-21-19(22)18-12-13-23-15(18)3/h8-13H,4-7H2,1-3H3,(H,21,22). The Morgan fingerprint density at radius 3 is 2.52 bits per heavy atom. The van der Waals surface area contributed by atoms with Crippen molar-refractivity contribution in [2.45, 2.75) is 46.5 Å². The number of hydrazone groups is 1. The monoisotopic (exact) mass is 312 g/mol. The van der Waals surface area contributed by atoms with Crippen molar-refractivity contribution >= 4 is 11.6 Å². The molecule has 0 aliphatic heterocycles. The molecule has 23 heavy (non-hydrogen) atoms. The van der Waals surface area contributed by atoms with E-state index >= 15 is 0 Å². The number of rotatable bonds is 7. The van der Waals surface area contributed by atoms with Gasteiger partial charge in [0.2, 0.25) is 0 Å². The molecule has 0 saturated heterocycles. The van der Waals surface area contributed by atoms with Crippen molar-refractivity contribution in [3.8, 4) is 0 Å². The molecule has 2 aromatic rings. The summed E-state index contributed by atoms with van der Waals surface area (Å²) in [7, 11) is 0. The Morgan fingerprint density at radius 2 is 1.91 bits per heavy atom. The van der Waals surface area contributed by atoms with Gasteiger partial charge in [-0.3, -0.25) is 4.79 Å². The summed E-state index contributed by atoms with van der Waals surface area (Å²) in [5, 5.41) is 4.17. The second-order valence-electron chi connectivity index (χ2n) is 5.68. The van der Waals surface area contributed by atoms with Crippen molar-refractivity contribution in [1.29, 1.82) is 0 Å². The fraction of sp³-hybridized carbons (Fsp3) is 0.368. The maximum absolute atomic E-state index is 12.0. The molecule has 0 saturated carbocycles. The quantitative estimate of drug-likeness (QED) is 0.466. The smallest absolute Gasteiger partial charge is 0.274 e. The Bertz CT molecular complexity index is 669. The van der Waals surface area contributed by atoms with E-state index in [1.807, 2.05) is 6.92 Å². The van der Waals surface area contributed by atoms with Crippen molar-refractivity contribution < 1.29 is 9.21 Å². The lowest BCUT2D eigenvalue weighted by Gasteiger charge is -2.05. The highest BCUT2D eigenvalue weighted by Crippen LogP contribution is 2.10. The summed E-state index contributed by atoms with van der Waals surface area (Å²) in [5.41, 5.74) is 6.20. The van der Waals surface area contributed by atoms with E-state index in [4.69, 9.17) is 4.42 Å². The molecule has 1 amide bonds. The Morgan fingerprint density at radius 1 is 1.17 bits per heavy atom. The molecule has 1 heterocycles. The second kappa shape index (κ2) is 8.32. The van der Waals surface area contributed by atoms with Gasteiger partial charge >= 0.3 is 0 Å². The Hall–Kier alpha value is -2.36. The topological polar surface area (TPSA) is 54.6 Å². The van der Waals surface area contributed by atoms with Crippen LogP contribution < -0.4 is 5.43 Å². The van der Waals surface area contributed by atoms with Crippen molar-refractivity contribution in [2.24, 2.45) is 5.10 Å². The van der Waals surface area contributed by atoms with E-state index in [9.17, 15) is 4.79 Å². The van der Waals surface area contributed by atoms with Gasteiger partial charge in [-0.25, -0.2) is 5.43 Å². The average Bonchev–Trinajstić information content (AvgIpc) is 2.99. The van der Waals surface area contributed by atoms with Crippen molar-refractivity contribution in [3.05, 3.63) is 59.0 Å².